The minimum absolute atomic E-state index is 0.0150. The fourth-order valence-electron chi connectivity index (χ4n) is 1.99. The minimum Gasteiger partial charge on any atom is -0.469 e. The summed E-state index contributed by atoms with van der Waals surface area (Å²) in [5.74, 6) is 0.983. The van der Waals surface area contributed by atoms with Gasteiger partial charge in [0.15, 0.2) is 0 Å². The normalized spacial score (nSPS) is 12.8. The first kappa shape index (κ1) is 13.8. The number of carbonyl (C=O) groups is 1. The molecule has 0 saturated heterocycles. The molecule has 4 heteroatoms. The molecule has 1 atom stereocenters. The quantitative estimate of drug-likeness (QED) is 0.797. The summed E-state index contributed by atoms with van der Waals surface area (Å²) in [5, 5.41) is 2.85. The lowest BCUT2D eigenvalue weighted by Crippen LogP contribution is -2.41. The van der Waals surface area contributed by atoms with Gasteiger partial charge in [-0.3, -0.25) is 4.79 Å². The highest BCUT2D eigenvalue weighted by Gasteiger charge is 2.16. The van der Waals surface area contributed by atoms with Crippen LogP contribution >= 0.6 is 0 Å². The van der Waals surface area contributed by atoms with Crippen molar-refractivity contribution >= 4 is 5.91 Å². The van der Waals surface area contributed by atoms with E-state index in [2.05, 4.69) is 19.2 Å². The largest absolute Gasteiger partial charge is 0.469 e. The lowest BCUT2D eigenvalue weighted by atomic mass is 9.95. The fraction of sp³-hybridized carbons (Fsp3) is 0.615. The number of furan rings is 1. The Bertz CT molecular complexity index is 356. The van der Waals surface area contributed by atoms with Crippen LogP contribution in [0, 0.1) is 12.8 Å². The highest BCUT2D eigenvalue weighted by Crippen LogP contribution is 2.11. The average molecular weight is 238 g/mol. The number of hydrogen-bond donors (Lipinski definition) is 2. The molecule has 1 aromatic rings. The Morgan fingerprint density at radius 1 is 1.47 bits per heavy atom. The summed E-state index contributed by atoms with van der Waals surface area (Å²) >= 11 is 0. The Kier molecular flexibility index (Phi) is 5.22. The molecule has 0 spiro atoms. The summed E-state index contributed by atoms with van der Waals surface area (Å²) in [6.45, 7) is 6.53. The number of rotatable bonds is 6. The third kappa shape index (κ3) is 3.60. The van der Waals surface area contributed by atoms with Gasteiger partial charge in [0.25, 0.3) is 5.91 Å². The van der Waals surface area contributed by atoms with Gasteiger partial charge < -0.3 is 15.5 Å². The molecule has 0 aliphatic carbocycles. The number of amides is 1. The molecule has 96 valence electrons. The van der Waals surface area contributed by atoms with E-state index >= 15 is 0 Å². The fourth-order valence-corrected chi connectivity index (χ4v) is 1.99. The summed E-state index contributed by atoms with van der Waals surface area (Å²) in [7, 11) is 0. The van der Waals surface area contributed by atoms with Crippen molar-refractivity contribution in [1.82, 2.24) is 5.32 Å². The van der Waals surface area contributed by atoms with E-state index in [0.29, 0.717) is 23.8 Å². The van der Waals surface area contributed by atoms with Crippen LogP contribution in [0.15, 0.2) is 16.7 Å². The molecule has 17 heavy (non-hydrogen) atoms. The minimum atomic E-state index is -0.113. The van der Waals surface area contributed by atoms with Gasteiger partial charge in [-0.05, 0) is 18.9 Å². The second kappa shape index (κ2) is 6.45. The van der Waals surface area contributed by atoms with Crippen molar-refractivity contribution in [2.24, 2.45) is 11.7 Å². The molecule has 0 saturated carbocycles. The summed E-state index contributed by atoms with van der Waals surface area (Å²) < 4.78 is 5.09. The molecule has 1 heterocycles. The molecule has 0 aromatic carbocycles. The zero-order chi connectivity index (χ0) is 12.8. The third-order valence-electron chi connectivity index (χ3n) is 3.26. The van der Waals surface area contributed by atoms with Gasteiger partial charge in [-0.1, -0.05) is 26.7 Å². The van der Waals surface area contributed by atoms with Crippen molar-refractivity contribution in [2.45, 2.75) is 39.7 Å². The molecule has 1 unspecified atom stereocenters. The molecular formula is C13H22N2O2. The second-order valence-electron chi connectivity index (χ2n) is 4.34. The zero-order valence-corrected chi connectivity index (χ0v) is 10.8. The van der Waals surface area contributed by atoms with Gasteiger partial charge in [-0.2, -0.15) is 0 Å². The molecule has 3 N–H and O–H groups in total. The van der Waals surface area contributed by atoms with Gasteiger partial charge in [-0.25, -0.2) is 0 Å². The Morgan fingerprint density at radius 2 is 2.12 bits per heavy atom. The van der Waals surface area contributed by atoms with E-state index in [1.807, 2.05) is 0 Å². The highest BCUT2D eigenvalue weighted by molar-refractivity contribution is 5.95. The number of hydrogen-bond acceptors (Lipinski definition) is 3. The van der Waals surface area contributed by atoms with Crippen LogP contribution in [0.2, 0.25) is 0 Å². The lowest BCUT2D eigenvalue weighted by Gasteiger charge is -2.21. The van der Waals surface area contributed by atoms with E-state index < -0.39 is 0 Å². The molecule has 4 nitrogen and oxygen atoms in total. The average Bonchev–Trinajstić information content (AvgIpc) is 2.74. The molecule has 0 fully saturated rings. The van der Waals surface area contributed by atoms with E-state index in [-0.39, 0.29) is 11.9 Å². The number of nitrogens with two attached hydrogens (primary N) is 1. The predicted molar refractivity (Wildman–Crippen MR) is 67.8 cm³/mol. The summed E-state index contributed by atoms with van der Waals surface area (Å²) in [4.78, 5) is 11.8. The van der Waals surface area contributed by atoms with Crippen molar-refractivity contribution in [3.63, 3.8) is 0 Å². The van der Waals surface area contributed by atoms with Gasteiger partial charge >= 0.3 is 0 Å². The monoisotopic (exact) mass is 238 g/mol. The predicted octanol–water partition coefficient (Wildman–Crippen LogP) is 2.08. The zero-order valence-electron chi connectivity index (χ0n) is 10.8. The van der Waals surface area contributed by atoms with Gasteiger partial charge in [0.05, 0.1) is 11.8 Å². The van der Waals surface area contributed by atoms with Crippen molar-refractivity contribution in [1.29, 1.82) is 0 Å². The second-order valence-corrected chi connectivity index (χ2v) is 4.34. The summed E-state index contributed by atoms with van der Waals surface area (Å²) in [5.41, 5.74) is 6.63. The van der Waals surface area contributed by atoms with Gasteiger partial charge in [-0.15, -0.1) is 0 Å². The Labute approximate surface area is 103 Å². The first-order chi connectivity index (χ1) is 8.10. The van der Waals surface area contributed by atoms with Crippen LogP contribution in [0.3, 0.4) is 0 Å². The van der Waals surface area contributed by atoms with Crippen molar-refractivity contribution in [3.05, 3.63) is 23.7 Å². The number of carbonyl (C=O) groups excluding carboxylic acids is 1. The van der Waals surface area contributed by atoms with Crippen molar-refractivity contribution in [3.8, 4) is 0 Å². The molecule has 0 bridgehead atoms. The van der Waals surface area contributed by atoms with Crippen LogP contribution in [-0.2, 0) is 0 Å². The van der Waals surface area contributed by atoms with Gasteiger partial charge in [0.1, 0.15) is 5.76 Å². The van der Waals surface area contributed by atoms with E-state index in [1.54, 1.807) is 13.0 Å². The lowest BCUT2D eigenvalue weighted by molar-refractivity contribution is 0.0946. The van der Waals surface area contributed by atoms with E-state index in [4.69, 9.17) is 10.2 Å². The number of aryl methyl sites for hydroxylation is 1. The Hall–Kier alpha value is -1.29. The van der Waals surface area contributed by atoms with E-state index in [0.717, 1.165) is 12.8 Å². The Balaban J connectivity index is 2.46. The summed E-state index contributed by atoms with van der Waals surface area (Å²) in [6.07, 6.45) is 3.60. The molecule has 0 aliphatic rings. The van der Waals surface area contributed by atoms with Crippen molar-refractivity contribution in [2.75, 3.05) is 6.54 Å². The summed E-state index contributed by atoms with van der Waals surface area (Å²) in [6, 6.07) is 1.69. The van der Waals surface area contributed by atoms with Crippen LogP contribution in [0.25, 0.3) is 0 Å². The maximum Gasteiger partial charge on any atom is 0.254 e. The smallest absolute Gasteiger partial charge is 0.254 e. The SMILES string of the molecule is CCC(CC)C(N)CNC(=O)c1ccoc1C. The molecule has 1 amide bonds. The highest BCUT2D eigenvalue weighted by atomic mass is 16.3. The standard InChI is InChI=1S/C13H22N2O2/c1-4-10(5-2)12(14)8-15-13(16)11-6-7-17-9(11)3/h6-7,10,12H,4-5,8,14H2,1-3H3,(H,15,16). The Morgan fingerprint density at radius 3 is 2.59 bits per heavy atom. The van der Waals surface area contributed by atoms with E-state index in [9.17, 15) is 4.79 Å². The first-order valence-electron chi connectivity index (χ1n) is 6.18. The number of nitrogens with one attached hydrogen (secondary N) is 1. The van der Waals surface area contributed by atoms with Crippen LogP contribution in [0.4, 0.5) is 0 Å². The van der Waals surface area contributed by atoms with Gasteiger partial charge in [0.2, 0.25) is 0 Å². The van der Waals surface area contributed by atoms with Crippen molar-refractivity contribution < 1.29 is 9.21 Å². The molecule has 0 aliphatic heterocycles. The third-order valence-corrected chi connectivity index (χ3v) is 3.26. The van der Waals surface area contributed by atoms with E-state index in [1.165, 1.54) is 6.26 Å². The molecule has 1 aromatic heterocycles. The molecular weight excluding hydrogens is 216 g/mol. The van der Waals surface area contributed by atoms with Crippen LogP contribution in [-0.4, -0.2) is 18.5 Å². The maximum absolute atomic E-state index is 11.8. The van der Waals surface area contributed by atoms with Crippen LogP contribution in [0.1, 0.15) is 42.8 Å². The topological polar surface area (TPSA) is 68.3 Å². The first-order valence-corrected chi connectivity index (χ1v) is 6.18. The van der Waals surface area contributed by atoms with Crippen LogP contribution in [0.5, 0.6) is 0 Å². The van der Waals surface area contributed by atoms with Crippen LogP contribution < -0.4 is 11.1 Å². The maximum atomic E-state index is 11.8. The van der Waals surface area contributed by atoms with Gasteiger partial charge in [0, 0.05) is 12.6 Å². The molecule has 1 rings (SSSR count). The molecule has 0 radical (unpaired) electrons.